The van der Waals surface area contributed by atoms with Crippen molar-refractivity contribution >= 4 is 56.6 Å². The van der Waals surface area contributed by atoms with Gasteiger partial charge in [-0.3, -0.25) is 4.79 Å². The van der Waals surface area contributed by atoms with E-state index in [0.717, 1.165) is 13.6 Å². The smallest absolute Gasteiger partial charge is 0.344 e. The summed E-state index contributed by atoms with van der Waals surface area (Å²) < 4.78 is 12.7. The molecule has 0 saturated heterocycles. The summed E-state index contributed by atoms with van der Waals surface area (Å²) in [6, 6.07) is 21.2. The van der Waals surface area contributed by atoms with E-state index in [1.807, 2.05) is 24.3 Å². The quantitative estimate of drug-likeness (QED) is 0.135. The SMILES string of the molecule is C[C@@H](Oc1ccc(Br)cc1)C(=O)N/N=C\c1ccc(OC(=O)c2ccccc2I)cc1. The lowest BCUT2D eigenvalue weighted by atomic mass is 10.2. The van der Waals surface area contributed by atoms with Crippen molar-refractivity contribution in [3.8, 4) is 11.5 Å². The van der Waals surface area contributed by atoms with E-state index in [9.17, 15) is 9.59 Å². The molecule has 3 aromatic rings. The molecule has 6 nitrogen and oxygen atoms in total. The Morgan fingerprint density at radius 2 is 1.65 bits per heavy atom. The van der Waals surface area contributed by atoms with Crippen LogP contribution in [0.5, 0.6) is 11.5 Å². The van der Waals surface area contributed by atoms with Gasteiger partial charge < -0.3 is 9.47 Å². The van der Waals surface area contributed by atoms with Gasteiger partial charge >= 0.3 is 5.97 Å². The molecule has 0 bridgehead atoms. The Bertz CT molecular complexity index is 1090. The lowest BCUT2D eigenvalue weighted by Crippen LogP contribution is -2.33. The predicted octanol–water partition coefficient (Wildman–Crippen LogP) is 5.19. The molecule has 0 heterocycles. The Hall–Kier alpha value is -2.72. The fourth-order valence-corrected chi connectivity index (χ4v) is 3.31. The second-order valence-electron chi connectivity index (χ2n) is 6.39. The zero-order chi connectivity index (χ0) is 22.2. The molecular formula is C23H18BrIN2O4. The molecule has 158 valence electrons. The molecule has 0 aliphatic rings. The Morgan fingerprint density at radius 3 is 2.32 bits per heavy atom. The highest BCUT2D eigenvalue weighted by Crippen LogP contribution is 2.18. The van der Waals surface area contributed by atoms with Crippen LogP contribution < -0.4 is 14.9 Å². The molecule has 1 amide bonds. The van der Waals surface area contributed by atoms with Crippen LogP contribution in [0.1, 0.15) is 22.8 Å². The summed E-state index contributed by atoms with van der Waals surface area (Å²) in [4.78, 5) is 24.4. The lowest BCUT2D eigenvalue weighted by Gasteiger charge is -2.12. The third kappa shape index (κ3) is 6.90. The first-order chi connectivity index (χ1) is 14.9. The van der Waals surface area contributed by atoms with Gasteiger partial charge in [0.05, 0.1) is 11.8 Å². The summed E-state index contributed by atoms with van der Waals surface area (Å²) in [5.41, 5.74) is 3.69. The first-order valence-electron chi connectivity index (χ1n) is 9.24. The number of benzene rings is 3. The molecule has 8 heteroatoms. The Morgan fingerprint density at radius 1 is 1.00 bits per heavy atom. The largest absolute Gasteiger partial charge is 0.481 e. The first kappa shape index (κ1) is 23.0. The molecule has 1 N–H and O–H groups in total. The molecule has 0 aromatic heterocycles. The lowest BCUT2D eigenvalue weighted by molar-refractivity contribution is -0.127. The number of hydrazone groups is 1. The third-order valence-electron chi connectivity index (χ3n) is 4.07. The van der Waals surface area contributed by atoms with Crippen molar-refractivity contribution < 1.29 is 19.1 Å². The third-order valence-corrected chi connectivity index (χ3v) is 5.54. The molecule has 0 fully saturated rings. The highest BCUT2D eigenvalue weighted by atomic mass is 127. The Kier molecular flexibility index (Phi) is 8.19. The number of nitrogens with one attached hydrogen (secondary N) is 1. The predicted molar refractivity (Wildman–Crippen MR) is 131 cm³/mol. The molecule has 0 spiro atoms. The van der Waals surface area contributed by atoms with E-state index in [2.05, 4.69) is 49.0 Å². The number of hydrogen-bond donors (Lipinski definition) is 1. The fraction of sp³-hybridized carbons (Fsp3) is 0.0870. The van der Waals surface area contributed by atoms with Gasteiger partial charge in [-0.2, -0.15) is 5.10 Å². The summed E-state index contributed by atoms with van der Waals surface area (Å²) >= 11 is 5.44. The van der Waals surface area contributed by atoms with Gasteiger partial charge in [0.1, 0.15) is 11.5 Å². The van der Waals surface area contributed by atoms with E-state index in [0.29, 0.717) is 17.1 Å². The standard InChI is InChI=1S/C23H18BrIN2O4/c1-15(30-18-12-8-17(24)9-13-18)22(28)27-26-14-16-6-10-19(11-7-16)31-23(29)20-4-2-3-5-21(20)25/h2-15H,1H3,(H,27,28)/b26-14-/t15-/m1/s1. The average molecular weight is 593 g/mol. The van der Waals surface area contributed by atoms with Gasteiger partial charge in [-0.25, -0.2) is 10.2 Å². The molecule has 1 atom stereocenters. The molecule has 31 heavy (non-hydrogen) atoms. The summed E-state index contributed by atoms with van der Waals surface area (Å²) in [6.45, 7) is 1.64. The van der Waals surface area contributed by atoms with Gasteiger partial charge in [-0.05, 0) is 95.7 Å². The van der Waals surface area contributed by atoms with Crippen molar-refractivity contribution in [3.05, 3.63) is 92.0 Å². The number of hydrogen-bond acceptors (Lipinski definition) is 5. The molecule has 0 aliphatic heterocycles. The van der Waals surface area contributed by atoms with Gasteiger partial charge in [-0.15, -0.1) is 0 Å². The van der Waals surface area contributed by atoms with Crippen molar-refractivity contribution in [2.24, 2.45) is 5.10 Å². The van der Waals surface area contributed by atoms with Crippen molar-refractivity contribution in [1.82, 2.24) is 5.43 Å². The number of amides is 1. The zero-order valence-electron chi connectivity index (χ0n) is 16.4. The number of esters is 1. The van der Waals surface area contributed by atoms with Crippen LogP contribution in [-0.2, 0) is 4.79 Å². The van der Waals surface area contributed by atoms with Crippen LogP contribution in [0.4, 0.5) is 0 Å². The minimum absolute atomic E-state index is 0.373. The van der Waals surface area contributed by atoms with E-state index in [1.165, 1.54) is 6.21 Å². The van der Waals surface area contributed by atoms with Crippen LogP contribution in [0, 0.1) is 3.57 Å². The van der Waals surface area contributed by atoms with Crippen molar-refractivity contribution in [3.63, 3.8) is 0 Å². The van der Waals surface area contributed by atoms with E-state index in [1.54, 1.807) is 55.5 Å². The Balaban J connectivity index is 1.51. The average Bonchev–Trinajstić information content (AvgIpc) is 2.76. The topological polar surface area (TPSA) is 77.0 Å². The number of rotatable bonds is 7. The maximum Gasteiger partial charge on any atom is 0.344 e. The van der Waals surface area contributed by atoms with E-state index in [4.69, 9.17) is 9.47 Å². The van der Waals surface area contributed by atoms with Gasteiger partial charge in [0.25, 0.3) is 5.91 Å². The number of nitrogens with zero attached hydrogens (tertiary/aromatic N) is 1. The van der Waals surface area contributed by atoms with Gasteiger partial charge in [-0.1, -0.05) is 28.1 Å². The number of ether oxygens (including phenoxy) is 2. The van der Waals surface area contributed by atoms with E-state index in [-0.39, 0.29) is 5.91 Å². The number of halogens is 2. The second-order valence-corrected chi connectivity index (χ2v) is 8.46. The highest BCUT2D eigenvalue weighted by molar-refractivity contribution is 14.1. The summed E-state index contributed by atoms with van der Waals surface area (Å²) in [6.07, 6.45) is 0.789. The minimum Gasteiger partial charge on any atom is -0.481 e. The first-order valence-corrected chi connectivity index (χ1v) is 11.1. The van der Waals surface area contributed by atoms with Crippen LogP contribution in [0.25, 0.3) is 0 Å². The Labute approximate surface area is 201 Å². The monoisotopic (exact) mass is 592 g/mol. The summed E-state index contributed by atoms with van der Waals surface area (Å²) in [5.74, 6) is 0.216. The normalized spacial score (nSPS) is 11.7. The maximum atomic E-state index is 12.3. The van der Waals surface area contributed by atoms with Crippen LogP contribution in [-0.4, -0.2) is 24.2 Å². The summed E-state index contributed by atoms with van der Waals surface area (Å²) in [7, 11) is 0. The molecule has 3 rings (SSSR count). The minimum atomic E-state index is -0.708. The highest BCUT2D eigenvalue weighted by Gasteiger charge is 2.14. The molecule has 0 unspecified atom stereocenters. The van der Waals surface area contributed by atoms with Crippen LogP contribution in [0.2, 0.25) is 0 Å². The fourth-order valence-electron chi connectivity index (χ4n) is 2.44. The molecule has 0 saturated carbocycles. The van der Waals surface area contributed by atoms with Gasteiger partial charge in [0.2, 0.25) is 0 Å². The maximum absolute atomic E-state index is 12.3. The number of carbonyl (C=O) groups excluding carboxylic acids is 2. The molecule has 3 aromatic carbocycles. The summed E-state index contributed by atoms with van der Waals surface area (Å²) in [5, 5.41) is 3.95. The van der Waals surface area contributed by atoms with E-state index >= 15 is 0 Å². The van der Waals surface area contributed by atoms with Crippen LogP contribution >= 0.6 is 38.5 Å². The second kappa shape index (κ2) is 11.1. The molecule has 0 aliphatic carbocycles. The van der Waals surface area contributed by atoms with Gasteiger partial charge in [0.15, 0.2) is 6.10 Å². The molecular weight excluding hydrogens is 575 g/mol. The van der Waals surface area contributed by atoms with Crippen molar-refractivity contribution in [2.45, 2.75) is 13.0 Å². The number of carbonyl (C=O) groups is 2. The van der Waals surface area contributed by atoms with Crippen molar-refractivity contribution in [2.75, 3.05) is 0 Å². The van der Waals surface area contributed by atoms with Crippen molar-refractivity contribution in [1.29, 1.82) is 0 Å². The molecule has 0 radical (unpaired) electrons. The van der Waals surface area contributed by atoms with E-state index < -0.39 is 12.1 Å². The zero-order valence-corrected chi connectivity index (χ0v) is 20.2. The van der Waals surface area contributed by atoms with Crippen LogP contribution in [0.15, 0.2) is 82.4 Å². The van der Waals surface area contributed by atoms with Crippen LogP contribution in [0.3, 0.4) is 0 Å². The van der Waals surface area contributed by atoms with Gasteiger partial charge in [0, 0.05) is 8.04 Å².